The zero-order valence-corrected chi connectivity index (χ0v) is 14.4. The van der Waals surface area contributed by atoms with E-state index in [1.54, 1.807) is 55.6 Å². The molecule has 120 valence electrons. The van der Waals surface area contributed by atoms with E-state index in [1.807, 2.05) is 6.07 Å². The van der Waals surface area contributed by atoms with Crippen molar-refractivity contribution in [3.8, 4) is 5.75 Å². The normalized spacial score (nSPS) is 13.0. The molecule has 2 unspecified atom stereocenters. The summed E-state index contributed by atoms with van der Waals surface area (Å²) < 4.78 is 10.5. The first-order chi connectivity index (χ1) is 11.0. The molecule has 5 heteroatoms. The number of carbonyl (C=O) groups excluding carboxylic acids is 2. The van der Waals surface area contributed by atoms with Gasteiger partial charge in [0.2, 0.25) is 0 Å². The van der Waals surface area contributed by atoms with Gasteiger partial charge in [-0.1, -0.05) is 58.4 Å². The first-order valence-corrected chi connectivity index (χ1v) is 7.99. The number of halogens is 1. The summed E-state index contributed by atoms with van der Waals surface area (Å²) in [6, 6.07) is 16.0. The molecule has 0 spiro atoms. The Hall–Kier alpha value is -2.14. The Bertz CT molecular complexity index is 667. The molecule has 0 aromatic heterocycles. The Morgan fingerprint density at radius 2 is 1.61 bits per heavy atom. The van der Waals surface area contributed by atoms with Crippen molar-refractivity contribution in [1.29, 1.82) is 0 Å². The number of methoxy groups -OCH3 is 1. The molecule has 0 radical (unpaired) electrons. The van der Waals surface area contributed by atoms with Crippen LogP contribution in [0, 0.1) is 0 Å². The number of hydrogen-bond donors (Lipinski definition) is 0. The Morgan fingerprint density at radius 3 is 2.13 bits per heavy atom. The van der Waals surface area contributed by atoms with Crippen LogP contribution >= 0.6 is 15.9 Å². The van der Waals surface area contributed by atoms with Gasteiger partial charge in [-0.3, -0.25) is 9.59 Å². The number of benzene rings is 2. The molecule has 2 rings (SSSR count). The average molecular weight is 377 g/mol. The maximum absolute atomic E-state index is 12.6. The Balaban J connectivity index is 2.29. The van der Waals surface area contributed by atoms with Crippen LogP contribution in [0.4, 0.5) is 0 Å². The van der Waals surface area contributed by atoms with Crippen molar-refractivity contribution in [2.24, 2.45) is 0 Å². The van der Waals surface area contributed by atoms with Crippen molar-refractivity contribution >= 4 is 27.7 Å². The molecular weight excluding hydrogens is 360 g/mol. The second-order valence-corrected chi connectivity index (χ2v) is 5.92. The summed E-state index contributed by atoms with van der Waals surface area (Å²) in [6.45, 7) is 1.32. The van der Waals surface area contributed by atoms with Gasteiger partial charge in [0.1, 0.15) is 16.7 Å². The number of Topliss-reactive ketones (excluding diaryl/α,β-unsaturated/α-hetero) is 1. The first-order valence-electron chi connectivity index (χ1n) is 7.07. The molecule has 4 nitrogen and oxygen atoms in total. The molecule has 0 heterocycles. The summed E-state index contributed by atoms with van der Waals surface area (Å²) in [6.07, 6.45) is -0.717. The lowest BCUT2D eigenvalue weighted by Crippen LogP contribution is -2.26. The molecule has 2 aromatic carbocycles. The molecule has 2 aromatic rings. The van der Waals surface area contributed by atoms with Crippen LogP contribution in [0.15, 0.2) is 54.6 Å². The van der Waals surface area contributed by atoms with Crippen LogP contribution in [0.25, 0.3) is 0 Å². The van der Waals surface area contributed by atoms with Crippen molar-refractivity contribution in [2.75, 3.05) is 7.11 Å². The highest BCUT2D eigenvalue weighted by atomic mass is 79.9. The minimum atomic E-state index is -0.717. The van der Waals surface area contributed by atoms with Gasteiger partial charge < -0.3 is 9.47 Å². The van der Waals surface area contributed by atoms with Gasteiger partial charge in [-0.2, -0.15) is 0 Å². The highest BCUT2D eigenvalue weighted by Gasteiger charge is 2.30. The third-order valence-corrected chi connectivity index (χ3v) is 4.21. The zero-order chi connectivity index (χ0) is 16.8. The molecule has 0 aliphatic heterocycles. The average Bonchev–Trinajstić information content (AvgIpc) is 2.59. The van der Waals surface area contributed by atoms with Gasteiger partial charge in [0.25, 0.3) is 0 Å². The van der Waals surface area contributed by atoms with Crippen LogP contribution in [-0.2, 0) is 9.53 Å². The summed E-state index contributed by atoms with van der Waals surface area (Å²) >= 11 is 3.39. The highest BCUT2D eigenvalue weighted by Crippen LogP contribution is 2.30. The standard InChI is InChI=1S/C18H17BrO4/c1-12(20)23-18(14-8-10-15(22-2)11-9-14)16(19)17(21)13-6-4-3-5-7-13/h3-11,16,18H,1-2H3. The highest BCUT2D eigenvalue weighted by molar-refractivity contribution is 9.10. The van der Waals surface area contributed by atoms with Gasteiger partial charge in [-0.15, -0.1) is 0 Å². The molecule has 0 amide bonds. The minimum Gasteiger partial charge on any atom is -0.497 e. The van der Waals surface area contributed by atoms with E-state index in [0.717, 1.165) is 0 Å². The third-order valence-electron chi connectivity index (χ3n) is 3.31. The van der Waals surface area contributed by atoms with E-state index >= 15 is 0 Å². The van der Waals surface area contributed by atoms with Gasteiger partial charge >= 0.3 is 5.97 Å². The molecular formula is C18H17BrO4. The molecule has 0 aliphatic carbocycles. The number of rotatable bonds is 6. The Kier molecular flexibility index (Phi) is 5.93. The summed E-state index contributed by atoms with van der Waals surface area (Å²) in [5.74, 6) is 0.0969. The van der Waals surface area contributed by atoms with E-state index in [4.69, 9.17) is 9.47 Å². The van der Waals surface area contributed by atoms with Gasteiger partial charge in [0.15, 0.2) is 5.78 Å². The largest absolute Gasteiger partial charge is 0.497 e. The predicted molar refractivity (Wildman–Crippen MR) is 91.0 cm³/mol. The molecule has 0 N–H and O–H groups in total. The number of carbonyl (C=O) groups is 2. The minimum absolute atomic E-state index is 0.146. The molecule has 2 atom stereocenters. The number of alkyl halides is 1. The second-order valence-electron chi connectivity index (χ2n) is 4.94. The zero-order valence-electron chi connectivity index (χ0n) is 12.9. The quantitative estimate of drug-likeness (QED) is 0.435. The maximum Gasteiger partial charge on any atom is 0.303 e. The van der Waals surface area contributed by atoms with Crippen molar-refractivity contribution in [2.45, 2.75) is 17.9 Å². The fourth-order valence-electron chi connectivity index (χ4n) is 2.17. The number of hydrogen-bond acceptors (Lipinski definition) is 4. The third kappa shape index (κ3) is 4.42. The Labute approximate surface area is 143 Å². The number of ether oxygens (including phenoxy) is 2. The Morgan fingerprint density at radius 1 is 1.00 bits per heavy atom. The first kappa shape index (κ1) is 17.2. The van der Waals surface area contributed by atoms with Crippen LogP contribution in [0.3, 0.4) is 0 Å². The van der Waals surface area contributed by atoms with Crippen molar-refractivity contribution < 1.29 is 19.1 Å². The topological polar surface area (TPSA) is 52.6 Å². The smallest absolute Gasteiger partial charge is 0.303 e. The van der Waals surface area contributed by atoms with E-state index in [0.29, 0.717) is 16.9 Å². The molecule has 0 bridgehead atoms. The maximum atomic E-state index is 12.6. The van der Waals surface area contributed by atoms with E-state index in [2.05, 4.69) is 15.9 Å². The molecule has 0 saturated carbocycles. The van der Waals surface area contributed by atoms with E-state index in [1.165, 1.54) is 6.92 Å². The fourth-order valence-corrected chi connectivity index (χ4v) is 2.85. The van der Waals surface area contributed by atoms with E-state index in [9.17, 15) is 9.59 Å². The van der Waals surface area contributed by atoms with Crippen LogP contribution < -0.4 is 4.74 Å². The van der Waals surface area contributed by atoms with Gasteiger partial charge in [-0.25, -0.2) is 0 Å². The fraction of sp³-hybridized carbons (Fsp3) is 0.222. The van der Waals surface area contributed by atoms with Gasteiger partial charge in [0.05, 0.1) is 7.11 Å². The van der Waals surface area contributed by atoms with Crippen molar-refractivity contribution in [3.63, 3.8) is 0 Å². The lowest BCUT2D eigenvalue weighted by Gasteiger charge is -2.22. The van der Waals surface area contributed by atoms with Crippen LogP contribution in [0.2, 0.25) is 0 Å². The SMILES string of the molecule is COc1ccc(C(OC(C)=O)C(Br)C(=O)c2ccccc2)cc1. The summed E-state index contributed by atoms with van der Waals surface area (Å²) in [4.78, 5) is 23.4. The van der Waals surface area contributed by atoms with Crippen molar-refractivity contribution in [1.82, 2.24) is 0 Å². The number of esters is 1. The lowest BCUT2D eigenvalue weighted by molar-refractivity contribution is -0.146. The predicted octanol–water partition coefficient (Wildman–Crippen LogP) is 3.95. The van der Waals surface area contributed by atoms with E-state index in [-0.39, 0.29) is 5.78 Å². The molecule has 0 saturated heterocycles. The monoisotopic (exact) mass is 376 g/mol. The molecule has 23 heavy (non-hydrogen) atoms. The summed E-state index contributed by atoms with van der Waals surface area (Å²) in [5.41, 5.74) is 1.27. The number of ketones is 1. The summed E-state index contributed by atoms with van der Waals surface area (Å²) in [7, 11) is 1.57. The van der Waals surface area contributed by atoms with E-state index < -0.39 is 16.9 Å². The van der Waals surface area contributed by atoms with Crippen LogP contribution in [0.1, 0.15) is 28.9 Å². The van der Waals surface area contributed by atoms with Crippen LogP contribution in [-0.4, -0.2) is 23.7 Å². The van der Waals surface area contributed by atoms with Crippen LogP contribution in [0.5, 0.6) is 5.75 Å². The molecule has 0 aliphatic rings. The second kappa shape index (κ2) is 7.92. The summed E-state index contributed by atoms with van der Waals surface area (Å²) in [5, 5.41) is 0. The van der Waals surface area contributed by atoms with Crippen molar-refractivity contribution in [3.05, 3.63) is 65.7 Å². The van der Waals surface area contributed by atoms with Gasteiger partial charge in [-0.05, 0) is 17.7 Å². The molecule has 0 fully saturated rings. The van der Waals surface area contributed by atoms with Gasteiger partial charge in [0, 0.05) is 12.5 Å². The lowest BCUT2D eigenvalue weighted by atomic mass is 9.99.